The fraction of sp³-hybridized carbons (Fsp3) is 0.714. The number of amides is 1. The van der Waals surface area contributed by atoms with Crippen molar-refractivity contribution in [3.8, 4) is 0 Å². The number of ether oxygens (including phenoxy) is 1. The van der Waals surface area contributed by atoms with Crippen LogP contribution in [0.5, 0.6) is 0 Å². The van der Waals surface area contributed by atoms with Gasteiger partial charge in [-0.2, -0.15) is 0 Å². The van der Waals surface area contributed by atoms with Crippen LogP contribution in [0.2, 0.25) is 0 Å². The smallest absolute Gasteiger partial charge is 0.306 e. The number of esters is 1. The van der Waals surface area contributed by atoms with Crippen LogP contribution < -0.4 is 5.32 Å². The van der Waals surface area contributed by atoms with Crippen LogP contribution in [-0.2, 0) is 14.3 Å². The molecule has 0 aromatic carbocycles. The Labute approximate surface area is 383 Å². The Morgan fingerprint density at radius 2 is 0.887 bits per heavy atom. The predicted octanol–water partition coefficient (Wildman–Crippen LogP) is 15.6. The number of aliphatic hydroxyl groups is 2. The molecule has 6 nitrogen and oxygen atoms in total. The number of hydrogen-bond donors (Lipinski definition) is 3. The van der Waals surface area contributed by atoms with Gasteiger partial charge in [0.15, 0.2) is 0 Å². The van der Waals surface area contributed by atoms with E-state index < -0.39 is 18.2 Å². The van der Waals surface area contributed by atoms with Gasteiger partial charge in [-0.25, -0.2) is 0 Å². The minimum absolute atomic E-state index is 0.0230. The van der Waals surface area contributed by atoms with Crippen LogP contribution in [0.15, 0.2) is 85.1 Å². The largest absolute Gasteiger partial charge is 0.462 e. The molecule has 0 aromatic rings. The van der Waals surface area contributed by atoms with Crippen LogP contribution in [0.4, 0.5) is 0 Å². The molecular formula is C56H97NO5. The Morgan fingerprint density at radius 3 is 1.35 bits per heavy atom. The summed E-state index contributed by atoms with van der Waals surface area (Å²) in [6.07, 6.45) is 63.7. The molecule has 3 N–H and O–H groups in total. The van der Waals surface area contributed by atoms with E-state index in [0.29, 0.717) is 19.3 Å². The summed E-state index contributed by atoms with van der Waals surface area (Å²) in [5.41, 5.74) is 0. The van der Waals surface area contributed by atoms with Crippen LogP contribution in [0.1, 0.15) is 233 Å². The summed E-state index contributed by atoms with van der Waals surface area (Å²) in [6.45, 7) is 6.33. The van der Waals surface area contributed by atoms with Gasteiger partial charge in [0.2, 0.25) is 5.91 Å². The quantitative estimate of drug-likeness (QED) is 0.0322. The number of unbranched alkanes of at least 4 members (excludes halogenated alkanes) is 19. The molecule has 0 radical (unpaired) electrons. The van der Waals surface area contributed by atoms with Crippen LogP contribution in [0.25, 0.3) is 0 Å². The monoisotopic (exact) mass is 864 g/mol. The first-order chi connectivity index (χ1) is 30.5. The average Bonchev–Trinajstić information content (AvgIpc) is 3.26. The van der Waals surface area contributed by atoms with Gasteiger partial charge < -0.3 is 20.3 Å². The molecule has 3 unspecified atom stereocenters. The third-order valence-electron chi connectivity index (χ3n) is 11.2. The number of nitrogens with one attached hydrogen (secondary N) is 1. The second-order valence-corrected chi connectivity index (χ2v) is 17.2. The van der Waals surface area contributed by atoms with E-state index in [1.54, 1.807) is 0 Å². The minimum atomic E-state index is -0.809. The second kappa shape index (κ2) is 49.1. The maximum Gasteiger partial charge on any atom is 0.306 e. The molecule has 6 heteroatoms. The number of allylic oxidation sites excluding steroid dienone is 14. The molecule has 0 fully saturated rings. The van der Waals surface area contributed by atoms with Gasteiger partial charge in [0.1, 0.15) is 6.10 Å². The van der Waals surface area contributed by atoms with Gasteiger partial charge in [0, 0.05) is 6.42 Å². The van der Waals surface area contributed by atoms with E-state index in [9.17, 15) is 19.8 Å². The zero-order chi connectivity index (χ0) is 45.2. The Hall–Kier alpha value is -2.96. The minimum Gasteiger partial charge on any atom is -0.462 e. The third-order valence-corrected chi connectivity index (χ3v) is 11.2. The highest BCUT2D eigenvalue weighted by molar-refractivity contribution is 5.77. The van der Waals surface area contributed by atoms with E-state index in [-0.39, 0.29) is 31.3 Å². The van der Waals surface area contributed by atoms with Crippen molar-refractivity contribution in [1.82, 2.24) is 5.32 Å². The molecule has 0 aromatic heterocycles. The first-order valence-electron chi connectivity index (χ1n) is 25.8. The molecule has 3 atom stereocenters. The molecule has 0 aliphatic rings. The van der Waals surface area contributed by atoms with Crippen molar-refractivity contribution in [2.75, 3.05) is 6.61 Å². The number of carbonyl (C=O) groups excluding carboxylic acids is 2. The van der Waals surface area contributed by atoms with Gasteiger partial charge >= 0.3 is 5.97 Å². The Kier molecular flexibility index (Phi) is 46.7. The first-order valence-corrected chi connectivity index (χ1v) is 25.8. The van der Waals surface area contributed by atoms with Crippen LogP contribution >= 0.6 is 0 Å². The summed E-state index contributed by atoms with van der Waals surface area (Å²) in [7, 11) is 0. The zero-order valence-electron chi connectivity index (χ0n) is 40.5. The average molecular weight is 864 g/mol. The summed E-state index contributed by atoms with van der Waals surface area (Å²) in [4.78, 5) is 26.1. The zero-order valence-corrected chi connectivity index (χ0v) is 40.5. The van der Waals surface area contributed by atoms with E-state index in [2.05, 4.69) is 105 Å². The lowest BCUT2D eigenvalue weighted by atomic mass is 10.0. The lowest BCUT2D eigenvalue weighted by Crippen LogP contribution is -2.46. The summed E-state index contributed by atoms with van der Waals surface area (Å²) in [6, 6.07) is -0.728. The summed E-state index contributed by atoms with van der Waals surface area (Å²) in [5.74, 6) is -0.607. The molecule has 356 valence electrons. The Bertz CT molecular complexity index is 1200. The molecule has 0 aliphatic carbocycles. The highest BCUT2D eigenvalue weighted by atomic mass is 16.5. The van der Waals surface area contributed by atoms with Crippen LogP contribution in [0, 0.1) is 0 Å². The maximum absolute atomic E-state index is 13.2. The van der Waals surface area contributed by atoms with Gasteiger partial charge in [-0.1, -0.05) is 221 Å². The van der Waals surface area contributed by atoms with Gasteiger partial charge in [-0.3, -0.25) is 9.59 Å². The van der Waals surface area contributed by atoms with Crippen LogP contribution in [-0.4, -0.2) is 46.9 Å². The van der Waals surface area contributed by atoms with E-state index in [1.165, 1.54) is 103 Å². The molecule has 62 heavy (non-hydrogen) atoms. The van der Waals surface area contributed by atoms with Crippen molar-refractivity contribution in [2.45, 2.75) is 251 Å². The number of hydrogen-bond acceptors (Lipinski definition) is 5. The van der Waals surface area contributed by atoms with Crippen molar-refractivity contribution in [3.05, 3.63) is 85.1 Å². The molecule has 0 rings (SSSR count). The Balaban J connectivity index is 4.71. The number of aliphatic hydroxyl groups excluding tert-OH is 2. The molecular weight excluding hydrogens is 767 g/mol. The topological polar surface area (TPSA) is 95.9 Å². The molecule has 0 bridgehead atoms. The van der Waals surface area contributed by atoms with E-state index in [4.69, 9.17) is 4.74 Å². The van der Waals surface area contributed by atoms with Gasteiger partial charge in [-0.05, 0) is 83.5 Å². The molecule has 0 heterocycles. The van der Waals surface area contributed by atoms with Crippen molar-refractivity contribution < 1.29 is 24.5 Å². The fourth-order valence-electron chi connectivity index (χ4n) is 7.34. The molecule has 0 spiro atoms. The SMILES string of the molecule is CC/C=C\C/C=C\C/C=C\C/C=C\C/C=C\C/C=C\CCC(=O)OC(CCC/C=C\CCCCCCCCC)CC(=O)NC(CO)C(O)CCCCCCCCCCCCCC. The van der Waals surface area contributed by atoms with E-state index in [0.717, 1.165) is 77.0 Å². The highest BCUT2D eigenvalue weighted by Crippen LogP contribution is 2.16. The fourth-order valence-corrected chi connectivity index (χ4v) is 7.34. The van der Waals surface area contributed by atoms with Crippen molar-refractivity contribution in [3.63, 3.8) is 0 Å². The maximum atomic E-state index is 13.2. The third kappa shape index (κ3) is 43.7. The number of carbonyl (C=O) groups is 2. The normalized spacial score (nSPS) is 14.0. The van der Waals surface area contributed by atoms with E-state index >= 15 is 0 Å². The standard InChI is InChI=1S/C56H97NO5/c1-4-7-10-13-16-19-22-25-26-27-28-29-30-31-34-37-40-43-46-49-56(61)62-52(47-44-41-38-35-32-23-20-17-14-11-8-5-2)50-55(60)57-53(51-58)54(59)48-45-42-39-36-33-24-21-18-15-12-9-6-3/h7,10,16,19,25-26,28-29,31,34-35,38,40,43,52-54,58-59H,4-6,8-9,11-15,17-18,20-24,27,30,32-33,36-37,39,41-42,44-51H2,1-3H3,(H,57,60)/b10-7-,19-16-,26-25-,29-28-,34-31-,38-35-,43-40-. The summed E-state index contributed by atoms with van der Waals surface area (Å²) >= 11 is 0. The number of rotatable bonds is 45. The predicted molar refractivity (Wildman–Crippen MR) is 268 cm³/mol. The molecule has 0 saturated carbocycles. The van der Waals surface area contributed by atoms with Crippen LogP contribution in [0.3, 0.4) is 0 Å². The lowest BCUT2D eigenvalue weighted by Gasteiger charge is -2.24. The van der Waals surface area contributed by atoms with E-state index in [1.807, 2.05) is 6.08 Å². The summed E-state index contributed by atoms with van der Waals surface area (Å²) < 4.78 is 5.87. The highest BCUT2D eigenvalue weighted by Gasteiger charge is 2.23. The Morgan fingerprint density at radius 1 is 0.484 bits per heavy atom. The molecule has 1 amide bonds. The second-order valence-electron chi connectivity index (χ2n) is 17.2. The molecule has 0 saturated heterocycles. The lowest BCUT2D eigenvalue weighted by molar-refractivity contribution is -0.150. The van der Waals surface area contributed by atoms with Crippen molar-refractivity contribution in [1.29, 1.82) is 0 Å². The summed E-state index contributed by atoms with van der Waals surface area (Å²) in [5, 5.41) is 23.7. The van der Waals surface area contributed by atoms with Gasteiger partial charge in [0.05, 0.1) is 25.2 Å². The first kappa shape index (κ1) is 59.0. The van der Waals surface area contributed by atoms with Gasteiger partial charge in [0.25, 0.3) is 0 Å². The van der Waals surface area contributed by atoms with Crippen molar-refractivity contribution >= 4 is 11.9 Å². The van der Waals surface area contributed by atoms with Gasteiger partial charge in [-0.15, -0.1) is 0 Å². The molecule has 0 aliphatic heterocycles. The van der Waals surface area contributed by atoms with Crippen molar-refractivity contribution in [2.24, 2.45) is 0 Å².